The molecule has 0 aromatic rings. The van der Waals surface area contributed by atoms with E-state index in [0.29, 0.717) is 19.7 Å². The van der Waals surface area contributed by atoms with Crippen molar-refractivity contribution in [2.75, 3.05) is 25.4 Å². The van der Waals surface area contributed by atoms with Gasteiger partial charge in [0.2, 0.25) is 10.0 Å². The Morgan fingerprint density at radius 1 is 1.54 bits per heavy atom. The second kappa shape index (κ2) is 4.90. The molecule has 13 heavy (non-hydrogen) atoms. The van der Waals surface area contributed by atoms with E-state index < -0.39 is 10.0 Å². The zero-order valence-corrected chi connectivity index (χ0v) is 8.35. The molecule has 0 saturated carbocycles. The summed E-state index contributed by atoms with van der Waals surface area (Å²) in [7, 11) is -3.18. The largest absolute Gasteiger partial charge is 0.377 e. The zero-order valence-electron chi connectivity index (χ0n) is 7.53. The lowest BCUT2D eigenvalue weighted by Crippen LogP contribution is -2.34. The predicted molar refractivity (Wildman–Crippen MR) is 49.8 cm³/mol. The van der Waals surface area contributed by atoms with E-state index in [1.54, 1.807) is 0 Å². The number of nitrogens with one attached hydrogen (secondary N) is 1. The van der Waals surface area contributed by atoms with Gasteiger partial charge in [0.15, 0.2) is 0 Å². The Labute approximate surface area is 78.7 Å². The molecule has 6 heteroatoms. The number of hydrogen-bond acceptors (Lipinski definition) is 4. The number of nitrogens with two attached hydrogens (primary N) is 1. The molecule has 1 fully saturated rings. The number of rotatable bonds is 5. The lowest BCUT2D eigenvalue weighted by atomic mass is 10.3. The van der Waals surface area contributed by atoms with E-state index in [9.17, 15) is 8.42 Å². The van der Waals surface area contributed by atoms with Crippen molar-refractivity contribution in [1.29, 1.82) is 0 Å². The number of hydrogen-bond donors (Lipinski definition) is 2. The fraction of sp³-hybridized carbons (Fsp3) is 1.00. The first-order chi connectivity index (χ1) is 6.14. The first-order valence-corrected chi connectivity index (χ1v) is 6.08. The quantitative estimate of drug-likeness (QED) is 0.610. The summed E-state index contributed by atoms with van der Waals surface area (Å²) in [5.41, 5.74) is 5.19. The third-order valence-electron chi connectivity index (χ3n) is 1.90. The Hall–Kier alpha value is -0.170. The van der Waals surface area contributed by atoms with Crippen LogP contribution in [-0.4, -0.2) is 40.0 Å². The highest BCUT2D eigenvalue weighted by molar-refractivity contribution is 7.89. The molecule has 0 bridgehead atoms. The SMILES string of the molecule is NCCNS(=O)(=O)CC1CCCO1. The molecule has 0 aromatic heterocycles. The van der Waals surface area contributed by atoms with Gasteiger partial charge in [-0.05, 0) is 12.8 Å². The number of ether oxygens (including phenoxy) is 1. The summed E-state index contributed by atoms with van der Waals surface area (Å²) in [5.74, 6) is 0.0625. The van der Waals surface area contributed by atoms with Crippen molar-refractivity contribution in [2.45, 2.75) is 18.9 Å². The molecule has 1 aliphatic heterocycles. The van der Waals surface area contributed by atoms with Gasteiger partial charge in [-0.3, -0.25) is 0 Å². The fourth-order valence-corrected chi connectivity index (χ4v) is 2.59. The molecule has 0 spiro atoms. The van der Waals surface area contributed by atoms with E-state index >= 15 is 0 Å². The molecule has 1 rings (SSSR count). The van der Waals surface area contributed by atoms with Gasteiger partial charge in [-0.25, -0.2) is 13.1 Å². The minimum atomic E-state index is -3.18. The summed E-state index contributed by atoms with van der Waals surface area (Å²) in [6.07, 6.45) is 1.66. The van der Waals surface area contributed by atoms with Crippen LogP contribution in [0.25, 0.3) is 0 Å². The minimum Gasteiger partial charge on any atom is -0.377 e. The molecule has 1 heterocycles. The van der Waals surface area contributed by atoms with Gasteiger partial charge in [-0.15, -0.1) is 0 Å². The average Bonchev–Trinajstić information content (AvgIpc) is 2.52. The van der Waals surface area contributed by atoms with Crippen molar-refractivity contribution in [1.82, 2.24) is 4.72 Å². The summed E-state index contributed by atoms with van der Waals surface area (Å²) < 4.78 is 30.2. The Morgan fingerprint density at radius 3 is 2.85 bits per heavy atom. The third kappa shape index (κ3) is 4.04. The first kappa shape index (κ1) is 10.9. The van der Waals surface area contributed by atoms with Crippen molar-refractivity contribution in [3.8, 4) is 0 Å². The van der Waals surface area contributed by atoms with E-state index in [1.807, 2.05) is 0 Å². The monoisotopic (exact) mass is 208 g/mol. The van der Waals surface area contributed by atoms with Gasteiger partial charge >= 0.3 is 0 Å². The highest BCUT2D eigenvalue weighted by atomic mass is 32.2. The van der Waals surface area contributed by atoms with Gasteiger partial charge in [0, 0.05) is 19.7 Å². The van der Waals surface area contributed by atoms with Crippen LogP contribution in [0.15, 0.2) is 0 Å². The minimum absolute atomic E-state index is 0.0625. The first-order valence-electron chi connectivity index (χ1n) is 4.43. The standard InChI is InChI=1S/C7H16N2O3S/c8-3-4-9-13(10,11)6-7-2-1-5-12-7/h7,9H,1-6,8H2. The van der Waals surface area contributed by atoms with Crippen molar-refractivity contribution < 1.29 is 13.2 Å². The highest BCUT2D eigenvalue weighted by Crippen LogP contribution is 2.13. The van der Waals surface area contributed by atoms with E-state index in [0.717, 1.165) is 12.8 Å². The molecule has 0 aromatic carbocycles. The maximum absolute atomic E-state index is 11.3. The van der Waals surface area contributed by atoms with Gasteiger partial charge in [0.25, 0.3) is 0 Å². The van der Waals surface area contributed by atoms with Crippen LogP contribution in [0.3, 0.4) is 0 Å². The average molecular weight is 208 g/mol. The molecular formula is C7H16N2O3S. The summed E-state index contributed by atoms with van der Waals surface area (Å²) in [5, 5.41) is 0. The molecule has 1 aliphatic rings. The lowest BCUT2D eigenvalue weighted by Gasteiger charge is -2.10. The van der Waals surface area contributed by atoms with Crippen LogP contribution in [0.2, 0.25) is 0 Å². The van der Waals surface area contributed by atoms with Crippen LogP contribution < -0.4 is 10.5 Å². The maximum Gasteiger partial charge on any atom is 0.214 e. The van der Waals surface area contributed by atoms with E-state index in [4.69, 9.17) is 10.5 Å². The molecule has 1 saturated heterocycles. The van der Waals surface area contributed by atoms with Gasteiger partial charge in [0.1, 0.15) is 0 Å². The molecular weight excluding hydrogens is 192 g/mol. The van der Waals surface area contributed by atoms with Crippen LogP contribution in [-0.2, 0) is 14.8 Å². The van der Waals surface area contributed by atoms with E-state index in [1.165, 1.54) is 0 Å². The topological polar surface area (TPSA) is 81.4 Å². The van der Waals surface area contributed by atoms with Crippen LogP contribution in [0.1, 0.15) is 12.8 Å². The van der Waals surface area contributed by atoms with E-state index in [-0.39, 0.29) is 11.9 Å². The summed E-state index contributed by atoms with van der Waals surface area (Å²) >= 11 is 0. The Morgan fingerprint density at radius 2 is 2.31 bits per heavy atom. The van der Waals surface area contributed by atoms with Crippen molar-refractivity contribution in [2.24, 2.45) is 5.73 Å². The van der Waals surface area contributed by atoms with Gasteiger partial charge in [0.05, 0.1) is 11.9 Å². The molecule has 1 atom stereocenters. The number of sulfonamides is 1. The van der Waals surface area contributed by atoms with Crippen LogP contribution in [0, 0.1) is 0 Å². The van der Waals surface area contributed by atoms with Crippen LogP contribution >= 0.6 is 0 Å². The lowest BCUT2D eigenvalue weighted by molar-refractivity contribution is 0.127. The fourth-order valence-electron chi connectivity index (χ4n) is 1.29. The molecule has 3 N–H and O–H groups in total. The highest BCUT2D eigenvalue weighted by Gasteiger charge is 2.22. The van der Waals surface area contributed by atoms with Gasteiger partial charge < -0.3 is 10.5 Å². The normalized spacial score (nSPS) is 23.6. The van der Waals surface area contributed by atoms with Crippen molar-refractivity contribution in [3.05, 3.63) is 0 Å². The summed E-state index contributed by atoms with van der Waals surface area (Å²) in [6.45, 7) is 1.30. The zero-order chi connectivity index (χ0) is 9.73. The molecule has 78 valence electrons. The second-order valence-corrected chi connectivity index (χ2v) is 4.95. The van der Waals surface area contributed by atoms with Crippen molar-refractivity contribution >= 4 is 10.0 Å². The van der Waals surface area contributed by atoms with Crippen LogP contribution in [0.5, 0.6) is 0 Å². The Balaban J connectivity index is 2.32. The third-order valence-corrected chi connectivity index (χ3v) is 3.35. The predicted octanol–water partition coefficient (Wildman–Crippen LogP) is -0.956. The second-order valence-electron chi connectivity index (χ2n) is 3.10. The molecule has 1 unspecified atom stereocenters. The smallest absolute Gasteiger partial charge is 0.214 e. The Bertz CT molecular complexity index is 234. The van der Waals surface area contributed by atoms with Crippen molar-refractivity contribution in [3.63, 3.8) is 0 Å². The summed E-state index contributed by atoms with van der Waals surface area (Å²) in [6, 6.07) is 0. The molecule has 0 radical (unpaired) electrons. The molecule has 5 nitrogen and oxygen atoms in total. The Kier molecular flexibility index (Phi) is 4.11. The van der Waals surface area contributed by atoms with Gasteiger partial charge in [-0.2, -0.15) is 0 Å². The van der Waals surface area contributed by atoms with Gasteiger partial charge in [-0.1, -0.05) is 0 Å². The molecule has 0 amide bonds. The summed E-state index contributed by atoms with van der Waals surface area (Å²) in [4.78, 5) is 0. The maximum atomic E-state index is 11.3. The van der Waals surface area contributed by atoms with E-state index in [2.05, 4.69) is 4.72 Å². The molecule has 0 aliphatic carbocycles. The van der Waals surface area contributed by atoms with Crippen LogP contribution in [0.4, 0.5) is 0 Å².